The molecule has 0 fully saturated rings. The molecule has 0 saturated heterocycles. The Balaban J connectivity index is 2.78. The number of halogens is 2. The highest BCUT2D eigenvalue weighted by atomic mass is 79.9. The van der Waals surface area contributed by atoms with Crippen molar-refractivity contribution in [3.63, 3.8) is 0 Å². The van der Waals surface area contributed by atoms with Crippen LogP contribution in [0.25, 0.3) is 10.9 Å². The van der Waals surface area contributed by atoms with Crippen LogP contribution in [0.2, 0.25) is 5.02 Å². The van der Waals surface area contributed by atoms with Gasteiger partial charge in [-0.05, 0) is 40.0 Å². The Kier molecular flexibility index (Phi) is 2.75. The minimum atomic E-state index is 0.658. The summed E-state index contributed by atoms with van der Waals surface area (Å²) in [6.45, 7) is 2.13. The zero-order valence-corrected chi connectivity index (χ0v) is 10.1. The van der Waals surface area contributed by atoms with E-state index in [4.69, 9.17) is 11.6 Å². The zero-order chi connectivity index (χ0) is 10.1. The molecular weight excluding hydrogens is 261 g/mol. The molecule has 0 bridgehead atoms. The van der Waals surface area contributed by atoms with Crippen LogP contribution in [-0.4, -0.2) is 4.98 Å². The van der Waals surface area contributed by atoms with Gasteiger partial charge in [0.1, 0.15) is 0 Å². The first-order valence-corrected chi connectivity index (χ1v) is 5.62. The van der Waals surface area contributed by atoms with Crippen molar-refractivity contribution in [2.75, 3.05) is 0 Å². The average molecular weight is 271 g/mol. The topological polar surface area (TPSA) is 12.9 Å². The van der Waals surface area contributed by atoms with Gasteiger partial charge in [0.15, 0.2) is 0 Å². The number of benzene rings is 1. The van der Waals surface area contributed by atoms with Gasteiger partial charge in [-0.25, -0.2) is 0 Å². The molecule has 1 heterocycles. The minimum Gasteiger partial charge on any atom is -0.255 e. The van der Waals surface area contributed by atoms with Crippen LogP contribution < -0.4 is 0 Å². The molecule has 0 aliphatic carbocycles. The minimum absolute atomic E-state index is 0.658. The Morgan fingerprint density at radius 3 is 2.93 bits per heavy atom. The van der Waals surface area contributed by atoms with E-state index in [1.165, 1.54) is 5.56 Å². The second kappa shape index (κ2) is 3.87. The van der Waals surface area contributed by atoms with Crippen molar-refractivity contribution >= 4 is 38.4 Å². The van der Waals surface area contributed by atoms with Crippen LogP contribution in [0.4, 0.5) is 0 Å². The second-order valence-corrected chi connectivity index (χ2v) is 4.33. The summed E-state index contributed by atoms with van der Waals surface area (Å²) >= 11 is 9.45. The molecule has 0 spiro atoms. The van der Waals surface area contributed by atoms with Gasteiger partial charge in [0.25, 0.3) is 0 Å². The third-order valence-corrected chi connectivity index (χ3v) is 3.60. The molecule has 1 nitrogen and oxygen atoms in total. The van der Waals surface area contributed by atoms with E-state index in [0.29, 0.717) is 5.02 Å². The SMILES string of the molecule is CCc1ccc2ncc(Cl)c(Br)c2c1. The smallest absolute Gasteiger partial charge is 0.0737 e. The van der Waals surface area contributed by atoms with Crippen molar-refractivity contribution in [1.29, 1.82) is 0 Å². The fraction of sp³-hybridized carbons (Fsp3) is 0.182. The average Bonchev–Trinajstić information content (AvgIpc) is 2.23. The van der Waals surface area contributed by atoms with E-state index in [2.05, 4.69) is 40.0 Å². The Morgan fingerprint density at radius 1 is 1.43 bits per heavy atom. The maximum Gasteiger partial charge on any atom is 0.0737 e. The molecule has 72 valence electrons. The first-order chi connectivity index (χ1) is 6.72. The summed E-state index contributed by atoms with van der Waals surface area (Å²) in [5.74, 6) is 0. The predicted octanol–water partition coefficient (Wildman–Crippen LogP) is 4.21. The van der Waals surface area contributed by atoms with Gasteiger partial charge in [-0.3, -0.25) is 4.98 Å². The molecule has 1 aromatic heterocycles. The van der Waals surface area contributed by atoms with Crippen LogP contribution in [0.15, 0.2) is 28.9 Å². The number of aromatic nitrogens is 1. The normalized spacial score (nSPS) is 10.8. The Morgan fingerprint density at radius 2 is 2.21 bits per heavy atom. The number of aryl methyl sites for hydroxylation is 1. The lowest BCUT2D eigenvalue weighted by Gasteiger charge is -2.03. The van der Waals surface area contributed by atoms with E-state index in [1.54, 1.807) is 6.20 Å². The monoisotopic (exact) mass is 269 g/mol. The molecule has 0 radical (unpaired) electrons. The summed E-state index contributed by atoms with van der Waals surface area (Å²) in [6.07, 6.45) is 2.69. The van der Waals surface area contributed by atoms with E-state index in [1.807, 2.05) is 6.07 Å². The van der Waals surface area contributed by atoms with E-state index >= 15 is 0 Å². The van der Waals surface area contributed by atoms with Crippen molar-refractivity contribution in [1.82, 2.24) is 4.98 Å². The van der Waals surface area contributed by atoms with E-state index in [-0.39, 0.29) is 0 Å². The molecular formula is C11H9BrClN. The Labute approximate surface area is 96.2 Å². The molecule has 14 heavy (non-hydrogen) atoms. The summed E-state index contributed by atoms with van der Waals surface area (Å²) in [5.41, 5.74) is 2.26. The molecule has 1 aromatic carbocycles. The third kappa shape index (κ3) is 1.64. The first-order valence-electron chi connectivity index (χ1n) is 4.45. The van der Waals surface area contributed by atoms with Gasteiger partial charge in [0.05, 0.1) is 10.5 Å². The van der Waals surface area contributed by atoms with Crippen molar-refractivity contribution < 1.29 is 0 Å². The summed E-state index contributed by atoms with van der Waals surface area (Å²) in [6, 6.07) is 6.24. The number of rotatable bonds is 1. The van der Waals surface area contributed by atoms with Gasteiger partial charge in [-0.2, -0.15) is 0 Å². The van der Waals surface area contributed by atoms with Crippen molar-refractivity contribution in [3.8, 4) is 0 Å². The lowest BCUT2D eigenvalue weighted by molar-refractivity contribution is 1.14. The molecule has 3 heteroatoms. The highest BCUT2D eigenvalue weighted by Crippen LogP contribution is 2.30. The van der Waals surface area contributed by atoms with Gasteiger partial charge in [0.2, 0.25) is 0 Å². The number of nitrogens with zero attached hydrogens (tertiary/aromatic N) is 1. The predicted molar refractivity (Wildman–Crippen MR) is 63.8 cm³/mol. The zero-order valence-electron chi connectivity index (χ0n) is 7.72. The van der Waals surface area contributed by atoms with Crippen LogP contribution in [0.3, 0.4) is 0 Å². The molecule has 0 aliphatic rings. The number of hydrogen-bond donors (Lipinski definition) is 0. The lowest BCUT2D eigenvalue weighted by atomic mass is 10.1. The van der Waals surface area contributed by atoms with E-state index in [9.17, 15) is 0 Å². The van der Waals surface area contributed by atoms with E-state index in [0.717, 1.165) is 21.8 Å². The maximum atomic E-state index is 5.97. The van der Waals surface area contributed by atoms with Crippen molar-refractivity contribution in [3.05, 3.63) is 39.5 Å². The van der Waals surface area contributed by atoms with Crippen LogP contribution in [0.5, 0.6) is 0 Å². The first kappa shape index (κ1) is 9.94. The molecule has 0 saturated carbocycles. The van der Waals surface area contributed by atoms with Crippen LogP contribution in [-0.2, 0) is 6.42 Å². The molecule has 0 aliphatic heterocycles. The number of pyridine rings is 1. The van der Waals surface area contributed by atoms with Gasteiger partial charge in [-0.15, -0.1) is 0 Å². The second-order valence-electron chi connectivity index (χ2n) is 3.13. The Bertz CT molecular complexity index is 482. The van der Waals surface area contributed by atoms with Crippen molar-refractivity contribution in [2.24, 2.45) is 0 Å². The molecule has 0 atom stereocenters. The standard InChI is InChI=1S/C11H9BrClN/c1-2-7-3-4-10-8(5-7)11(12)9(13)6-14-10/h3-6H,2H2,1H3. The van der Waals surface area contributed by atoms with Crippen LogP contribution >= 0.6 is 27.5 Å². The van der Waals surface area contributed by atoms with Crippen molar-refractivity contribution in [2.45, 2.75) is 13.3 Å². The van der Waals surface area contributed by atoms with Crippen LogP contribution in [0.1, 0.15) is 12.5 Å². The van der Waals surface area contributed by atoms with Gasteiger partial charge >= 0.3 is 0 Å². The van der Waals surface area contributed by atoms with Crippen LogP contribution in [0, 0.1) is 0 Å². The summed E-state index contributed by atoms with van der Waals surface area (Å²) in [4.78, 5) is 4.26. The molecule has 0 amide bonds. The van der Waals surface area contributed by atoms with Gasteiger partial charge < -0.3 is 0 Å². The fourth-order valence-electron chi connectivity index (χ4n) is 1.40. The summed E-state index contributed by atoms with van der Waals surface area (Å²) in [5, 5.41) is 1.74. The third-order valence-electron chi connectivity index (χ3n) is 2.23. The molecule has 2 rings (SSSR count). The summed E-state index contributed by atoms with van der Waals surface area (Å²) in [7, 11) is 0. The quantitative estimate of drug-likeness (QED) is 0.756. The molecule has 0 unspecified atom stereocenters. The maximum absolute atomic E-state index is 5.97. The highest BCUT2D eigenvalue weighted by molar-refractivity contribution is 9.10. The lowest BCUT2D eigenvalue weighted by Crippen LogP contribution is -1.85. The Hall–Kier alpha value is -0.600. The fourth-order valence-corrected chi connectivity index (χ4v) is 1.97. The van der Waals surface area contributed by atoms with Gasteiger partial charge in [-0.1, -0.05) is 24.6 Å². The highest BCUT2D eigenvalue weighted by Gasteiger charge is 2.04. The van der Waals surface area contributed by atoms with Gasteiger partial charge in [0, 0.05) is 16.1 Å². The largest absolute Gasteiger partial charge is 0.255 e. The molecule has 2 aromatic rings. The summed E-state index contributed by atoms with van der Waals surface area (Å²) < 4.78 is 0.930. The van der Waals surface area contributed by atoms with E-state index < -0.39 is 0 Å². The molecule has 0 N–H and O–H groups in total. The number of hydrogen-bond acceptors (Lipinski definition) is 1. The number of fused-ring (bicyclic) bond motifs is 1.